The number of hydrogen-bond acceptors (Lipinski definition) is 5. The molecular formula is C16H14Br2N2O4S. The van der Waals surface area contributed by atoms with E-state index < -0.39 is 11.1 Å². The number of likely N-dealkylation sites (tertiary alicyclic amines) is 1. The number of nitrogens with zero attached hydrogens (tertiary/aromatic N) is 2. The second-order valence-electron chi connectivity index (χ2n) is 5.69. The zero-order valence-corrected chi connectivity index (χ0v) is 17.0. The summed E-state index contributed by atoms with van der Waals surface area (Å²) in [6.45, 7) is 1.14. The number of rotatable bonds is 3. The first-order valence-electron chi connectivity index (χ1n) is 7.58. The molecule has 2 heterocycles. The zero-order chi connectivity index (χ0) is 18.1. The first-order chi connectivity index (χ1) is 11.9. The molecule has 1 aromatic carbocycles. The molecule has 2 aliphatic heterocycles. The van der Waals surface area contributed by atoms with Gasteiger partial charge in [-0.1, -0.05) is 0 Å². The number of phenols is 1. The molecule has 9 heteroatoms. The summed E-state index contributed by atoms with van der Waals surface area (Å²) in [7, 11) is 0. The minimum Gasteiger partial charge on any atom is -0.506 e. The van der Waals surface area contributed by atoms with Gasteiger partial charge in [0.05, 0.1) is 13.9 Å². The van der Waals surface area contributed by atoms with Crippen molar-refractivity contribution in [1.29, 1.82) is 0 Å². The van der Waals surface area contributed by atoms with Gasteiger partial charge in [-0.2, -0.15) is 0 Å². The minimum absolute atomic E-state index is 0.0569. The van der Waals surface area contributed by atoms with Crippen LogP contribution in [0.1, 0.15) is 18.4 Å². The first kappa shape index (κ1) is 18.5. The molecule has 3 rings (SSSR count). The Hall–Kier alpha value is -1.32. The van der Waals surface area contributed by atoms with Crippen molar-refractivity contribution >= 4 is 66.8 Å². The molecule has 0 atom stereocenters. The molecule has 0 aromatic heterocycles. The van der Waals surface area contributed by atoms with E-state index >= 15 is 0 Å². The third-order valence-corrected chi connectivity index (χ3v) is 6.08. The number of carbonyl (C=O) groups excluding carboxylic acids is 3. The fourth-order valence-electron chi connectivity index (χ4n) is 2.66. The summed E-state index contributed by atoms with van der Waals surface area (Å²) in [6.07, 6.45) is 3.48. The minimum atomic E-state index is -0.470. The lowest BCUT2D eigenvalue weighted by Crippen LogP contribution is -2.40. The van der Waals surface area contributed by atoms with Gasteiger partial charge in [-0.05, 0) is 80.2 Å². The largest absolute Gasteiger partial charge is 0.506 e. The van der Waals surface area contributed by atoms with Gasteiger partial charge in [0.2, 0.25) is 5.91 Å². The molecule has 3 amide bonds. The molecule has 0 saturated carbocycles. The average molecular weight is 490 g/mol. The smallest absolute Gasteiger partial charge is 0.294 e. The molecule has 1 N–H and O–H groups in total. The Morgan fingerprint density at radius 1 is 1.20 bits per heavy atom. The van der Waals surface area contributed by atoms with Crippen molar-refractivity contribution < 1.29 is 19.5 Å². The van der Waals surface area contributed by atoms with Crippen molar-refractivity contribution in [1.82, 2.24) is 9.80 Å². The third-order valence-electron chi connectivity index (χ3n) is 3.96. The van der Waals surface area contributed by atoms with Crippen LogP contribution in [0.25, 0.3) is 6.08 Å². The van der Waals surface area contributed by atoms with E-state index in [2.05, 4.69) is 31.9 Å². The van der Waals surface area contributed by atoms with Crippen molar-refractivity contribution in [3.63, 3.8) is 0 Å². The van der Waals surface area contributed by atoms with Crippen molar-refractivity contribution in [2.75, 3.05) is 19.6 Å². The highest BCUT2D eigenvalue weighted by molar-refractivity contribution is 9.11. The van der Waals surface area contributed by atoms with E-state index in [0.29, 0.717) is 27.6 Å². The molecule has 0 radical (unpaired) electrons. The van der Waals surface area contributed by atoms with Crippen LogP contribution in [0.5, 0.6) is 5.75 Å². The highest BCUT2D eigenvalue weighted by Gasteiger charge is 2.37. The zero-order valence-electron chi connectivity index (χ0n) is 13.0. The molecule has 6 nitrogen and oxygen atoms in total. The molecule has 2 fully saturated rings. The van der Waals surface area contributed by atoms with Gasteiger partial charge in [0.25, 0.3) is 11.1 Å². The van der Waals surface area contributed by atoms with Gasteiger partial charge in [-0.15, -0.1) is 0 Å². The lowest BCUT2D eigenvalue weighted by Gasteiger charge is -2.18. The van der Waals surface area contributed by atoms with E-state index in [0.717, 1.165) is 29.5 Å². The van der Waals surface area contributed by atoms with Crippen LogP contribution in [0.3, 0.4) is 0 Å². The second kappa shape index (κ2) is 7.51. The lowest BCUT2D eigenvalue weighted by molar-refractivity contribution is -0.135. The number of aromatic hydroxyl groups is 1. The third kappa shape index (κ3) is 3.93. The van der Waals surface area contributed by atoms with Crippen LogP contribution >= 0.6 is 43.6 Å². The van der Waals surface area contributed by atoms with E-state index in [-0.39, 0.29) is 23.1 Å². The molecular weight excluding hydrogens is 476 g/mol. The van der Waals surface area contributed by atoms with Crippen LogP contribution in [0.2, 0.25) is 0 Å². The number of phenolic OH excluding ortho intramolecular Hbond substituents is 1. The monoisotopic (exact) mass is 488 g/mol. The summed E-state index contributed by atoms with van der Waals surface area (Å²) in [5.41, 5.74) is 0.646. The van der Waals surface area contributed by atoms with Gasteiger partial charge in [0.1, 0.15) is 12.3 Å². The molecule has 1 aromatic rings. The maximum Gasteiger partial charge on any atom is 0.294 e. The Bertz CT molecular complexity index is 767. The fourth-order valence-corrected chi connectivity index (χ4v) is 4.72. The summed E-state index contributed by atoms with van der Waals surface area (Å²) >= 11 is 7.27. The van der Waals surface area contributed by atoms with E-state index in [4.69, 9.17) is 0 Å². The van der Waals surface area contributed by atoms with Gasteiger partial charge in [0.15, 0.2) is 0 Å². The van der Waals surface area contributed by atoms with Crippen molar-refractivity contribution in [3.05, 3.63) is 31.5 Å². The van der Waals surface area contributed by atoms with Gasteiger partial charge in [0, 0.05) is 13.1 Å². The fraction of sp³-hybridized carbons (Fsp3) is 0.312. The summed E-state index contributed by atoms with van der Waals surface area (Å²) in [4.78, 5) is 39.7. The Kier molecular flexibility index (Phi) is 5.55. The van der Waals surface area contributed by atoms with Crippen molar-refractivity contribution in [3.8, 4) is 5.75 Å². The van der Waals surface area contributed by atoms with Crippen LogP contribution in [0.15, 0.2) is 26.0 Å². The van der Waals surface area contributed by atoms with Crippen LogP contribution in [0.4, 0.5) is 4.79 Å². The molecule has 2 aliphatic rings. The van der Waals surface area contributed by atoms with Gasteiger partial charge >= 0.3 is 0 Å². The molecule has 0 aliphatic carbocycles. The number of hydrogen-bond donors (Lipinski definition) is 1. The molecule has 0 unspecified atom stereocenters. The number of amides is 3. The standard InChI is InChI=1S/C16H14Br2N2O4S/c17-10-5-9(6-11(18)14(10)22)7-12-15(23)20(16(24)25-12)8-13(21)19-3-1-2-4-19/h5-7,22H,1-4,8H2/b12-7+. The van der Waals surface area contributed by atoms with Crippen LogP contribution in [-0.4, -0.2) is 51.6 Å². The molecule has 25 heavy (non-hydrogen) atoms. The second-order valence-corrected chi connectivity index (χ2v) is 8.39. The highest BCUT2D eigenvalue weighted by atomic mass is 79.9. The average Bonchev–Trinajstić information content (AvgIpc) is 3.17. The van der Waals surface area contributed by atoms with Crippen molar-refractivity contribution in [2.45, 2.75) is 12.8 Å². The van der Waals surface area contributed by atoms with Crippen LogP contribution < -0.4 is 0 Å². The molecule has 132 valence electrons. The topological polar surface area (TPSA) is 77.9 Å². The number of carbonyl (C=O) groups is 3. The van der Waals surface area contributed by atoms with Gasteiger partial charge < -0.3 is 10.0 Å². The van der Waals surface area contributed by atoms with E-state index in [1.807, 2.05) is 0 Å². The van der Waals surface area contributed by atoms with Crippen LogP contribution in [-0.2, 0) is 9.59 Å². The highest BCUT2D eigenvalue weighted by Crippen LogP contribution is 2.36. The molecule has 0 spiro atoms. The van der Waals surface area contributed by atoms with Gasteiger partial charge in [-0.25, -0.2) is 0 Å². The maximum absolute atomic E-state index is 12.5. The van der Waals surface area contributed by atoms with E-state index in [9.17, 15) is 19.5 Å². The Morgan fingerprint density at radius 2 is 1.80 bits per heavy atom. The van der Waals surface area contributed by atoms with Gasteiger partial charge in [-0.3, -0.25) is 19.3 Å². The first-order valence-corrected chi connectivity index (χ1v) is 9.98. The predicted molar refractivity (Wildman–Crippen MR) is 102 cm³/mol. The quantitative estimate of drug-likeness (QED) is 0.656. The molecule has 2 saturated heterocycles. The number of thioether (sulfide) groups is 1. The van der Waals surface area contributed by atoms with Crippen molar-refractivity contribution in [2.24, 2.45) is 0 Å². The Balaban J connectivity index is 1.77. The predicted octanol–water partition coefficient (Wildman–Crippen LogP) is 3.58. The van der Waals surface area contributed by atoms with Crippen LogP contribution in [0, 0.1) is 0 Å². The lowest BCUT2D eigenvalue weighted by atomic mass is 10.2. The maximum atomic E-state index is 12.5. The SMILES string of the molecule is O=C(CN1C(=O)S/C(=C/c2cc(Br)c(O)c(Br)c2)C1=O)N1CCCC1. The Labute approximate surface area is 165 Å². The summed E-state index contributed by atoms with van der Waals surface area (Å²) < 4.78 is 0.938. The number of imide groups is 1. The Morgan fingerprint density at radius 3 is 2.40 bits per heavy atom. The summed E-state index contributed by atoms with van der Waals surface area (Å²) in [5, 5.41) is 9.30. The van der Waals surface area contributed by atoms with E-state index in [1.54, 1.807) is 23.1 Å². The normalized spacial score (nSPS) is 19.4. The number of benzene rings is 1. The summed E-state index contributed by atoms with van der Waals surface area (Å²) in [5.74, 6) is -0.611. The summed E-state index contributed by atoms with van der Waals surface area (Å²) in [6, 6.07) is 3.28. The molecule has 0 bridgehead atoms. The number of halogens is 2. The van der Waals surface area contributed by atoms with E-state index in [1.165, 1.54) is 0 Å².